The number of fused-ring (bicyclic) bond motifs is 1. The van der Waals surface area contributed by atoms with Gasteiger partial charge >= 0.3 is 12.1 Å². The van der Waals surface area contributed by atoms with Crippen LogP contribution in [0.5, 0.6) is 0 Å². The number of benzene rings is 1. The minimum absolute atomic E-state index is 0.193. The average Bonchev–Trinajstić information content (AvgIpc) is 3.37. The SMILES string of the molecule is CCOC(=O)c1nn(C2CCN(Cc3ccccc3)C2)c2c1CN(C(=O)OC(C)(C)C)CC2. The molecule has 3 heterocycles. The number of hydrogen-bond acceptors (Lipinski definition) is 6. The summed E-state index contributed by atoms with van der Waals surface area (Å²) in [7, 11) is 0. The molecule has 0 spiro atoms. The molecule has 0 radical (unpaired) electrons. The molecule has 2 aromatic rings. The van der Waals surface area contributed by atoms with Crippen LogP contribution in [0.4, 0.5) is 4.79 Å². The Morgan fingerprint density at radius 1 is 1.15 bits per heavy atom. The lowest BCUT2D eigenvalue weighted by Gasteiger charge is -2.30. The smallest absolute Gasteiger partial charge is 0.410 e. The van der Waals surface area contributed by atoms with Crippen molar-refractivity contribution in [1.82, 2.24) is 19.6 Å². The summed E-state index contributed by atoms with van der Waals surface area (Å²) in [5, 5.41) is 4.74. The Morgan fingerprint density at radius 3 is 2.61 bits per heavy atom. The average molecular weight is 455 g/mol. The number of carbonyl (C=O) groups excluding carboxylic acids is 2. The normalized spacial score (nSPS) is 18.8. The third kappa shape index (κ3) is 5.38. The topological polar surface area (TPSA) is 76.9 Å². The quantitative estimate of drug-likeness (QED) is 0.640. The van der Waals surface area contributed by atoms with E-state index < -0.39 is 11.6 Å². The van der Waals surface area contributed by atoms with Crippen LogP contribution in [0, 0.1) is 0 Å². The molecule has 8 nitrogen and oxygen atoms in total. The molecule has 0 aliphatic carbocycles. The summed E-state index contributed by atoms with van der Waals surface area (Å²) in [5.74, 6) is -0.433. The summed E-state index contributed by atoms with van der Waals surface area (Å²) in [6.45, 7) is 11.2. The number of amides is 1. The van der Waals surface area contributed by atoms with Crippen LogP contribution in [0.1, 0.15) is 67.5 Å². The van der Waals surface area contributed by atoms with Crippen molar-refractivity contribution in [2.75, 3.05) is 26.2 Å². The van der Waals surface area contributed by atoms with E-state index in [1.54, 1.807) is 11.8 Å². The lowest BCUT2D eigenvalue weighted by atomic mass is 10.0. The Labute approximate surface area is 195 Å². The zero-order chi connectivity index (χ0) is 23.6. The summed E-state index contributed by atoms with van der Waals surface area (Å²) < 4.78 is 12.9. The molecule has 0 bridgehead atoms. The van der Waals surface area contributed by atoms with Gasteiger partial charge in [-0.1, -0.05) is 30.3 Å². The fraction of sp³-hybridized carbons (Fsp3) is 0.560. The van der Waals surface area contributed by atoms with Crippen LogP contribution in [0.3, 0.4) is 0 Å². The van der Waals surface area contributed by atoms with E-state index in [4.69, 9.17) is 14.6 Å². The van der Waals surface area contributed by atoms with Crippen LogP contribution in [0.15, 0.2) is 30.3 Å². The number of likely N-dealkylation sites (tertiary alicyclic amines) is 1. The number of rotatable bonds is 5. The van der Waals surface area contributed by atoms with E-state index in [1.165, 1.54) is 5.56 Å². The van der Waals surface area contributed by atoms with Gasteiger partial charge in [0.15, 0.2) is 5.69 Å². The number of esters is 1. The fourth-order valence-corrected chi connectivity index (χ4v) is 4.59. The molecule has 2 aliphatic heterocycles. The number of hydrogen-bond donors (Lipinski definition) is 0. The standard InChI is InChI=1S/C25H34N4O4/c1-5-32-23(30)22-20-17-28(24(31)33-25(2,3)4)14-12-21(20)29(26-22)19-11-13-27(16-19)15-18-9-7-6-8-10-18/h6-10,19H,5,11-17H2,1-4H3. The zero-order valence-corrected chi connectivity index (χ0v) is 20.0. The largest absolute Gasteiger partial charge is 0.461 e. The first kappa shape index (κ1) is 23.3. The molecule has 8 heteroatoms. The van der Waals surface area contributed by atoms with Crippen molar-refractivity contribution in [3.05, 3.63) is 52.8 Å². The number of nitrogens with zero attached hydrogens (tertiary/aromatic N) is 4. The summed E-state index contributed by atoms with van der Waals surface area (Å²) in [6.07, 6.45) is 1.24. The molecule has 2 aliphatic rings. The summed E-state index contributed by atoms with van der Waals surface area (Å²) in [4.78, 5) is 29.5. The maximum atomic E-state index is 12.7. The first-order valence-electron chi connectivity index (χ1n) is 11.8. The molecule has 0 saturated carbocycles. The van der Waals surface area contributed by atoms with Gasteiger partial charge in [-0.25, -0.2) is 9.59 Å². The molecule has 1 aromatic carbocycles. The monoisotopic (exact) mass is 454 g/mol. The summed E-state index contributed by atoms with van der Waals surface area (Å²) in [6, 6.07) is 10.6. The molecule has 1 saturated heterocycles. The molecular weight excluding hydrogens is 420 g/mol. The number of aromatic nitrogens is 2. The van der Waals surface area contributed by atoms with Gasteiger partial charge in [0, 0.05) is 43.9 Å². The van der Waals surface area contributed by atoms with Crippen molar-refractivity contribution in [1.29, 1.82) is 0 Å². The molecule has 1 atom stereocenters. The van der Waals surface area contributed by atoms with Crippen molar-refractivity contribution >= 4 is 12.1 Å². The second kappa shape index (κ2) is 9.55. The summed E-state index contributed by atoms with van der Waals surface area (Å²) in [5.41, 5.74) is 2.86. The van der Waals surface area contributed by atoms with Crippen LogP contribution >= 0.6 is 0 Å². The highest BCUT2D eigenvalue weighted by Gasteiger charge is 2.35. The van der Waals surface area contributed by atoms with Crippen LogP contribution in [-0.2, 0) is 29.0 Å². The predicted molar refractivity (Wildman–Crippen MR) is 124 cm³/mol. The van der Waals surface area contributed by atoms with Crippen molar-refractivity contribution in [2.24, 2.45) is 0 Å². The maximum absolute atomic E-state index is 12.7. The minimum atomic E-state index is -0.572. The molecule has 1 aromatic heterocycles. The third-order valence-electron chi connectivity index (χ3n) is 6.05. The molecule has 33 heavy (non-hydrogen) atoms. The molecule has 1 amide bonds. The second-order valence-corrected chi connectivity index (χ2v) is 9.75. The Hall–Kier alpha value is -2.87. The molecule has 1 fully saturated rings. The van der Waals surface area contributed by atoms with Gasteiger partial charge < -0.3 is 14.4 Å². The van der Waals surface area contributed by atoms with Crippen molar-refractivity contribution in [3.8, 4) is 0 Å². The molecule has 1 unspecified atom stereocenters. The van der Waals surface area contributed by atoms with Crippen molar-refractivity contribution in [2.45, 2.75) is 65.3 Å². The number of ether oxygens (including phenoxy) is 2. The second-order valence-electron chi connectivity index (χ2n) is 9.75. The van der Waals surface area contributed by atoms with E-state index in [1.807, 2.05) is 31.5 Å². The minimum Gasteiger partial charge on any atom is -0.461 e. The van der Waals surface area contributed by atoms with E-state index in [0.29, 0.717) is 25.2 Å². The lowest BCUT2D eigenvalue weighted by Crippen LogP contribution is -2.40. The predicted octanol–water partition coefficient (Wildman–Crippen LogP) is 3.80. The highest BCUT2D eigenvalue weighted by molar-refractivity contribution is 5.89. The van der Waals surface area contributed by atoms with Gasteiger partial charge in [-0.2, -0.15) is 5.10 Å². The molecule has 178 valence electrons. The first-order chi connectivity index (χ1) is 15.7. The van der Waals surface area contributed by atoms with E-state index >= 15 is 0 Å². The zero-order valence-electron chi connectivity index (χ0n) is 20.0. The van der Waals surface area contributed by atoms with Crippen LogP contribution in [0.25, 0.3) is 0 Å². The van der Waals surface area contributed by atoms with Gasteiger partial charge in [0.1, 0.15) is 5.60 Å². The highest BCUT2D eigenvalue weighted by Crippen LogP contribution is 2.31. The number of carbonyl (C=O) groups is 2. The van der Waals surface area contributed by atoms with Gasteiger partial charge in [-0.3, -0.25) is 9.58 Å². The fourth-order valence-electron chi connectivity index (χ4n) is 4.59. The third-order valence-corrected chi connectivity index (χ3v) is 6.05. The Balaban J connectivity index is 1.55. The Kier molecular flexibility index (Phi) is 6.74. The van der Waals surface area contributed by atoms with Crippen molar-refractivity contribution in [3.63, 3.8) is 0 Å². The lowest BCUT2D eigenvalue weighted by molar-refractivity contribution is 0.0219. The van der Waals surface area contributed by atoms with Gasteiger partial charge in [0.25, 0.3) is 0 Å². The molecule has 0 N–H and O–H groups in total. The van der Waals surface area contributed by atoms with Gasteiger partial charge in [-0.15, -0.1) is 0 Å². The van der Waals surface area contributed by atoms with E-state index in [0.717, 1.165) is 37.3 Å². The van der Waals surface area contributed by atoms with Crippen LogP contribution in [0.2, 0.25) is 0 Å². The molecular formula is C25H34N4O4. The van der Waals surface area contributed by atoms with Crippen LogP contribution in [-0.4, -0.2) is 63.5 Å². The van der Waals surface area contributed by atoms with E-state index in [9.17, 15) is 9.59 Å². The maximum Gasteiger partial charge on any atom is 0.410 e. The van der Waals surface area contributed by atoms with E-state index in [2.05, 4.69) is 29.2 Å². The Morgan fingerprint density at radius 2 is 1.91 bits per heavy atom. The highest BCUT2D eigenvalue weighted by atomic mass is 16.6. The Bertz CT molecular complexity index is 996. The summed E-state index contributed by atoms with van der Waals surface area (Å²) >= 11 is 0. The van der Waals surface area contributed by atoms with Gasteiger partial charge in [-0.05, 0) is 39.7 Å². The van der Waals surface area contributed by atoms with Crippen LogP contribution < -0.4 is 0 Å². The van der Waals surface area contributed by atoms with Gasteiger partial charge in [0.05, 0.1) is 19.2 Å². The van der Waals surface area contributed by atoms with E-state index in [-0.39, 0.29) is 18.7 Å². The van der Waals surface area contributed by atoms with Crippen molar-refractivity contribution < 1.29 is 19.1 Å². The molecule has 4 rings (SSSR count). The van der Waals surface area contributed by atoms with Gasteiger partial charge in [0.2, 0.25) is 0 Å². The first-order valence-corrected chi connectivity index (χ1v) is 11.8.